The van der Waals surface area contributed by atoms with Crippen molar-refractivity contribution in [1.82, 2.24) is 10.2 Å². The average molecular weight is 308 g/mol. The number of likely N-dealkylation sites (tertiary alicyclic amines) is 1. The Morgan fingerprint density at radius 3 is 2.68 bits per heavy atom. The number of hydrogen-bond donors (Lipinski definition) is 1. The molecule has 1 saturated heterocycles. The third kappa shape index (κ3) is 4.72. The lowest BCUT2D eigenvalue weighted by atomic mass is 9.87. The molecule has 2 aliphatic rings. The summed E-state index contributed by atoms with van der Waals surface area (Å²) in [6.07, 6.45) is 7.98. The highest BCUT2D eigenvalue weighted by Gasteiger charge is 2.33. The molecule has 4 heteroatoms. The maximum atomic E-state index is 12.8. The predicted molar refractivity (Wildman–Crippen MR) is 88.4 cm³/mol. The largest absolute Gasteiger partial charge is 0.352 e. The highest BCUT2D eigenvalue weighted by Crippen LogP contribution is 2.25. The summed E-state index contributed by atoms with van der Waals surface area (Å²) in [5.74, 6) is 1.34. The summed E-state index contributed by atoms with van der Waals surface area (Å²) in [6, 6.07) is 0.0239. The van der Waals surface area contributed by atoms with Gasteiger partial charge in [0.25, 0.3) is 0 Å². The molecule has 2 amide bonds. The summed E-state index contributed by atoms with van der Waals surface area (Å²) in [6.45, 7) is 7.25. The lowest BCUT2D eigenvalue weighted by molar-refractivity contribution is -0.143. The minimum Gasteiger partial charge on any atom is -0.352 e. The second-order valence-corrected chi connectivity index (χ2v) is 7.67. The molecule has 22 heavy (non-hydrogen) atoms. The molecule has 0 spiro atoms. The zero-order chi connectivity index (χ0) is 16.1. The van der Waals surface area contributed by atoms with E-state index in [0.717, 1.165) is 38.6 Å². The normalized spacial score (nSPS) is 27.8. The zero-order valence-corrected chi connectivity index (χ0v) is 14.4. The van der Waals surface area contributed by atoms with E-state index in [1.807, 2.05) is 4.90 Å². The predicted octanol–water partition coefficient (Wildman–Crippen LogP) is 3.11. The minimum absolute atomic E-state index is 0.0723. The molecule has 1 N–H and O–H groups in total. The molecule has 2 fully saturated rings. The van der Waals surface area contributed by atoms with Crippen LogP contribution in [-0.4, -0.2) is 35.3 Å². The van der Waals surface area contributed by atoms with Gasteiger partial charge in [-0.3, -0.25) is 9.59 Å². The van der Waals surface area contributed by atoms with Crippen LogP contribution >= 0.6 is 0 Å². The van der Waals surface area contributed by atoms with Crippen molar-refractivity contribution in [1.29, 1.82) is 0 Å². The molecule has 1 aliphatic carbocycles. The summed E-state index contributed by atoms with van der Waals surface area (Å²) < 4.78 is 0. The first-order chi connectivity index (χ1) is 10.5. The van der Waals surface area contributed by atoms with Gasteiger partial charge in [-0.1, -0.05) is 33.6 Å². The van der Waals surface area contributed by atoms with Gasteiger partial charge in [0.2, 0.25) is 11.8 Å². The van der Waals surface area contributed by atoms with Crippen LogP contribution < -0.4 is 5.32 Å². The monoisotopic (exact) mass is 308 g/mol. The SMILES string of the molecule is CC(C)C[C@H](C(=O)N[C@@H]1CCC[C@@H](C)C1)N1CCCCC1=O. The first-order valence-corrected chi connectivity index (χ1v) is 9.07. The van der Waals surface area contributed by atoms with Crippen molar-refractivity contribution in [2.24, 2.45) is 11.8 Å². The fourth-order valence-corrected chi connectivity index (χ4v) is 3.84. The summed E-state index contributed by atoms with van der Waals surface area (Å²) >= 11 is 0. The minimum atomic E-state index is -0.273. The molecule has 0 aromatic heterocycles. The van der Waals surface area contributed by atoms with Crippen molar-refractivity contribution in [3.63, 3.8) is 0 Å². The van der Waals surface area contributed by atoms with Crippen LogP contribution in [0, 0.1) is 11.8 Å². The number of piperidine rings is 1. The molecule has 0 bridgehead atoms. The first kappa shape index (κ1) is 17.3. The van der Waals surface area contributed by atoms with Crippen LogP contribution in [0.25, 0.3) is 0 Å². The second kappa shape index (κ2) is 7.98. The fraction of sp³-hybridized carbons (Fsp3) is 0.889. The van der Waals surface area contributed by atoms with E-state index in [-0.39, 0.29) is 17.9 Å². The molecule has 2 rings (SSSR count). The Balaban J connectivity index is 2.00. The van der Waals surface area contributed by atoms with Crippen LogP contribution in [0.5, 0.6) is 0 Å². The van der Waals surface area contributed by atoms with Gasteiger partial charge in [-0.25, -0.2) is 0 Å². The zero-order valence-electron chi connectivity index (χ0n) is 14.4. The van der Waals surface area contributed by atoms with Gasteiger partial charge in [0.1, 0.15) is 6.04 Å². The number of nitrogens with zero attached hydrogens (tertiary/aromatic N) is 1. The molecule has 4 nitrogen and oxygen atoms in total. The third-order valence-corrected chi connectivity index (χ3v) is 5.02. The lowest BCUT2D eigenvalue weighted by Crippen LogP contribution is -2.54. The summed E-state index contributed by atoms with van der Waals surface area (Å²) in [5, 5.41) is 3.24. The van der Waals surface area contributed by atoms with Gasteiger partial charge in [-0.05, 0) is 43.9 Å². The van der Waals surface area contributed by atoms with Crippen LogP contribution in [0.1, 0.15) is 72.1 Å². The lowest BCUT2D eigenvalue weighted by Gasteiger charge is -2.36. The van der Waals surface area contributed by atoms with Crippen molar-refractivity contribution in [2.75, 3.05) is 6.54 Å². The van der Waals surface area contributed by atoms with E-state index < -0.39 is 0 Å². The van der Waals surface area contributed by atoms with E-state index in [1.165, 1.54) is 12.8 Å². The van der Waals surface area contributed by atoms with Crippen molar-refractivity contribution < 1.29 is 9.59 Å². The van der Waals surface area contributed by atoms with Crippen LogP contribution in [-0.2, 0) is 9.59 Å². The molecule has 3 atom stereocenters. The van der Waals surface area contributed by atoms with Crippen molar-refractivity contribution in [3.05, 3.63) is 0 Å². The molecule has 0 aromatic rings. The number of amides is 2. The Hall–Kier alpha value is -1.06. The van der Waals surface area contributed by atoms with E-state index in [2.05, 4.69) is 26.1 Å². The van der Waals surface area contributed by atoms with Gasteiger partial charge < -0.3 is 10.2 Å². The Kier molecular flexibility index (Phi) is 6.27. The first-order valence-electron chi connectivity index (χ1n) is 9.07. The van der Waals surface area contributed by atoms with Crippen molar-refractivity contribution in [2.45, 2.75) is 84.2 Å². The molecule has 0 unspecified atom stereocenters. The van der Waals surface area contributed by atoms with Gasteiger partial charge in [0.15, 0.2) is 0 Å². The van der Waals surface area contributed by atoms with Crippen LogP contribution in [0.3, 0.4) is 0 Å². The Morgan fingerprint density at radius 2 is 2.05 bits per heavy atom. The van der Waals surface area contributed by atoms with Crippen molar-refractivity contribution in [3.8, 4) is 0 Å². The molecule has 0 aromatic carbocycles. The number of carbonyl (C=O) groups excluding carboxylic acids is 2. The Bertz CT molecular complexity index is 395. The molecule has 1 aliphatic heterocycles. The standard InChI is InChI=1S/C18H32N2O2/c1-13(2)11-16(20-10-5-4-9-17(20)21)18(22)19-15-8-6-7-14(3)12-15/h13-16H,4-12H2,1-3H3,(H,19,22)/t14-,15-,16-/m1/s1. The van der Waals surface area contributed by atoms with Crippen molar-refractivity contribution >= 4 is 11.8 Å². The van der Waals surface area contributed by atoms with E-state index in [0.29, 0.717) is 24.3 Å². The Morgan fingerprint density at radius 1 is 1.27 bits per heavy atom. The maximum Gasteiger partial charge on any atom is 0.243 e. The van der Waals surface area contributed by atoms with Gasteiger partial charge in [0, 0.05) is 19.0 Å². The number of rotatable bonds is 5. The van der Waals surface area contributed by atoms with Crippen LogP contribution in [0.4, 0.5) is 0 Å². The molecular formula is C18H32N2O2. The van der Waals surface area contributed by atoms with E-state index >= 15 is 0 Å². The van der Waals surface area contributed by atoms with Gasteiger partial charge in [-0.2, -0.15) is 0 Å². The quantitative estimate of drug-likeness (QED) is 0.848. The Labute approximate surface area is 135 Å². The van der Waals surface area contributed by atoms with E-state index in [9.17, 15) is 9.59 Å². The molecule has 126 valence electrons. The smallest absolute Gasteiger partial charge is 0.243 e. The average Bonchev–Trinajstić information content (AvgIpc) is 2.45. The van der Waals surface area contributed by atoms with Crippen LogP contribution in [0.15, 0.2) is 0 Å². The topological polar surface area (TPSA) is 49.4 Å². The molecule has 0 radical (unpaired) electrons. The molecule has 1 heterocycles. The number of nitrogens with one attached hydrogen (secondary N) is 1. The second-order valence-electron chi connectivity index (χ2n) is 7.67. The molecule has 1 saturated carbocycles. The summed E-state index contributed by atoms with van der Waals surface area (Å²) in [4.78, 5) is 26.8. The maximum absolute atomic E-state index is 12.8. The van der Waals surface area contributed by atoms with E-state index in [4.69, 9.17) is 0 Å². The number of hydrogen-bond acceptors (Lipinski definition) is 2. The highest BCUT2D eigenvalue weighted by atomic mass is 16.2. The number of carbonyl (C=O) groups is 2. The summed E-state index contributed by atoms with van der Waals surface area (Å²) in [7, 11) is 0. The summed E-state index contributed by atoms with van der Waals surface area (Å²) in [5.41, 5.74) is 0. The van der Waals surface area contributed by atoms with Crippen LogP contribution in [0.2, 0.25) is 0 Å². The van der Waals surface area contributed by atoms with Gasteiger partial charge >= 0.3 is 0 Å². The molecular weight excluding hydrogens is 276 g/mol. The van der Waals surface area contributed by atoms with Gasteiger partial charge in [0.05, 0.1) is 0 Å². The fourth-order valence-electron chi connectivity index (χ4n) is 3.84. The van der Waals surface area contributed by atoms with E-state index in [1.54, 1.807) is 0 Å². The third-order valence-electron chi connectivity index (χ3n) is 5.02. The van der Waals surface area contributed by atoms with Gasteiger partial charge in [-0.15, -0.1) is 0 Å². The highest BCUT2D eigenvalue weighted by molar-refractivity contribution is 5.88.